The first-order chi connectivity index (χ1) is 8.70. The molecule has 98 valence electrons. The van der Waals surface area contributed by atoms with Crippen molar-refractivity contribution >= 4 is 21.6 Å². The molecule has 2 aromatic heterocycles. The molecule has 0 aliphatic heterocycles. The quantitative estimate of drug-likeness (QED) is 0.891. The van der Waals surface area contributed by atoms with Crippen molar-refractivity contribution in [1.29, 1.82) is 0 Å². The summed E-state index contributed by atoms with van der Waals surface area (Å²) in [5, 5.41) is 3.53. The summed E-state index contributed by atoms with van der Waals surface area (Å²) in [4.78, 5) is 8.51. The maximum atomic E-state index is 4.34. The minimum absolute atomic E-state index is 0.542. The SMILES string of the molecule is CCCCC(C)NCc1cnc2cnc(Br)cn12. The van der Waals surface area contributed by atoms with Crippen LogP contribution in [0.3, 0.4) is 0 Å². The summed E-state index contributed by atoms with van der Waals surface area (Å²) >= 11 is 3.39. The van der Waals surface area contributed by atoms with E-state index in [0.717, 1.165) is 22.5 Å². The molecule has 2 rings (SSSR count). The van der Waals surface area contributed by atoms with Crippen LogP contribution in [0.15, 0.2) is 23.2 Å². The number of unbranched alkanes of at least 4 members (excludes halogenated alkanes) is 1. The molecule has 0 spiro atoms. The molecule has 18 heavy (non-hydrogen) atoms. The van der Waals surface area contributed by atoms with Crippen LogP contribution in [0.1, 0.15) is 38.8 Å². The molecule has 0 aromatic carbocycles. The monoisotopic (exact) mass is 310 g/mol. The molecule has 0 aliphatic rings. The van der Waals surface area contributed by atoms with E-state index in [1.165, 1.54) is 19.3 Å². The van der Waals surface area contributed by atoms with Crippen LogP contribution in [0.4, 0.5) is 0 Å². The first kappa shape index (κ1) is 13.5. The predicted molar refractivity (Wildman–Crippen MR) is 76.5 cm³/mol. The van der Waals surface area contributed by atoms with Gasteiger partial charge in [-0.25, -0.2) is 9.97 Å². The molecule has 2 heterocycles. The highest BCUT2D eigenvalue weighted by Crippen LogP contribution is 2.11. The van der Waals surface area contributed by atoms with Crippen molar-refractivity contribution < 1.29 is 0 Å². The maximum absolute atomic E-state index is 4.34. The van der Waals surface area contributed by atoms with Gasteiger partial charge in [0.2, 0.25) is 0 Å². The van der Waals surface area contributed by atoms with Gasteiger partial charge in [0, 0.05) is 18.8 Å². The summed E-state index contributed by atoms with van der Waals surface area (Å²) < 4.78 is 2.89. The van der Waals surface area contributed by atoms with Crippen LogP contribution in [0.2, 0.25) is 0 Å². The van der Waals surface area contributed by atoms with E-state index in [9.17, 15) is 0 Å². The Hall–Kier alpha value is -0.940. The van der Waals surface area contributed by atoms with Crippen LogP contribution in [0.25, 0.3) is 5.65 Å². The number of aromatic nitrogens is 3. The second kappa shape index (κ2) is 6.29. The van der Waals surface area contributed by atoms with Crippen molar-refractivity contribution in [3.05, 3.63) is 28.9 Å². The first-order valence-electron chi connectivity index (χ1n) is 6.41. The third-order valence-corrected chi connectivity index (χ3v) is 3.47. The van der Waals surface area contributed by atoms with Gasteiger partial charge >= 0.3 is 0 Å². The summed E-state index contributed by atoms with van der Waals surface area (Å²) in [6.45, 7) is 5.29. The molecule has 0 fully saturated rings. The van der Waals surface area contributed by atoms with Crippen LogP contribution < -0.4 is 5.32 Å². The lowest BCUT2D eigenvalue weighted by Crippen LogP contribution is -2.25. The molecule has 5 heteroatoms. The zero-order chi connectivity index (χ0) is 13.0. The van der Waals surface area contributed by atoms with Crippen molar-refractivity contribution in [1.82, 2.24) is 19.7 Å². The van der Waals surface area contributed by atoms with Gasteiger partial charge in [0.25, 0.3) is 0 Å². The van der Waals surface area contributed by atoms with Crippen LogP contribution in [-0.2, 0) is 6.54 Å². The van der Waals surface area contributed by atoms with Crippen LogP contribution in [0.5, 0.6) is 0 Å². The van der Waals surface area contributed by atoms with Gasteiger partial charge in [0.15, 0.2) is 5.65 Å². The maximum Gasteiger partial charge on any atom is 0.155 e. The summed E-state index contributed by atoms with van der Waals surface area (Å²) in [5.74, 6) is 0. The fraction of sp³-hybridized carbons (Fsp3) is 0.538. The lowest BCUT2D eigenvalue weighted by Gasteiger charge is -2.12. The number of nitrogens with one attached hydrogen (secondary N) is 1. The van der Waals surface area contributed by atoms with E-state index in [2.05, 4.69) is 49.5 Å². The number of hydrogen-bond acceptors (Lipinski definition) is 3. The fourth-order valence-electron chi connectivity index (χ4n) is 1.94. The van der Waals surface area contributed by atoms with E-state index in [1.54, 1.807) is 6.20 Å². The van der Waals surface area contributed by atoms with Crippen molar-refractivity contribution in [2.24, 2.45) is 0 Å². The number of rotatable bonds is 6. The Bertz CT molecular complexity index is 509. The summed E-state index contributed by atoms with van der Waals surface area (Å²) in [6, 6.07) is 0.542. The average Bonchev–Trinajstić information content (AvgIpc) is 2.76. The molecule has 2 aromatic rings. The van der Waals surface area contributed by atoms with Crippen molar-refractivity contribution in [3.63, 3.8) is 0 Å². The minimum atomic E-state index is 0.542. The van der Waals surface area contributed by atoms with Crippen molar-refractivity contribution in [3.8, 4) is 0 Å². The smallest absolute Gasteiger partial charge is 0.155 e. The summed E-state index contributed by atoms with van der Waals surface area (Å²) in [6.07, 6.45) is 9.38. The standard InChI is InChI=1S/C13H19BrN4/c1-3-4-5-10(2)15-6-11-7-17-13-8-16-12(14)9-18(11)13/h7-10,15H,3-6H2,1-2H3. The summed E-state index contributed by atoms with van der Waals surface area (Å²) in [5.41, 5.74) is 2.05. The highest BCUT2D eigenvalue weighted by Gasteiger charge is 2.06. The van der Waals surface area contributed by atoms with Crippen LogP contribution in [0, 0.1) is 0 Å². The Morgan fingerprint density at radius 1 is 1.39 bits per heavy atom. The van der Waals surface area contributed by atoms with Gasteiger partial charge in [-0.05, 0) is 29.3 Å². The third kappa shape index (κ3) is 3.29. The third-order valence-electron chi connectivity index (χ3n) is 3.06. The molecule has 4 nitrogen and oxygen atoms in total. The molecular weight excluding hydrogens is 292 g/mol. The lowest BCUT2D eigenvalue weighted by molar-refractivity contribution is 0.490. The molecule has 0 bridgehead atoms. The Kier molecular flexibility index (Phi) is 4.72. The highest BCUT2D eigenvalue weighted by atomic mass is 79.9. The average molecular weight is 311 g/mol. The van der Waals surface area contributed by atoms with Gasteiger partial charge in [-0.15, -0.1) is 0 Å². The van der Waals surface area contributed by atoms with E-state index in [-0.39, 0.29) is 0 Å². The number of imidazole rings is 1. The van der Waals surface area contributed by atoms with E-state index >= 15 is 0 Å². The van der Waals surface area contributed by atoms with E-state index in [0.29, 0.717) is 6.04 Å². The molecule has 0 radical (unpaired) electrons. The molecule has 1 unspecified atom stereocenters. The Morgan fingerprint density at radius 3 is 3.00 bits per heavy atom. The van der Waals surface area contributed by atoms with E-state index in [1.807, 2.05) is 12.4 Å². The van der Waals surface area contributed by atoms with Crippen molar-refractivity contribution in [2.45, 2.75) is 45.7 Å². The fourth-order valence-corrected chi connectivity index (χ4v) is 2.25. The topological polar surface area (TPSA) is 42.2 Å². The normalized spacial score (nSPS) is 13.1. The number of fused-ring (bicyclic) bond motifs is 1. The molecule has 1 atom stereocenters. The molecular formula is C13H19BrN4. The Labute approximate surface area is 116 Å². The van der Waals surface area contributed by atoms with Gasteiger partial charge in [0.1, 0.15) is 4.60 Å². The second-order valence-electron chi connectivity index (χ2n) is 4.61. The predicted octanol–water partition coefficient (Wildman–Crippen LogP) is 3.16. The van der Waals surface area contributed by atoms with Gasteiger partial charge in [-0.2, -0.15) is 0 Å². The number of hydrogen-bond donors (Lipinski definition) is 1. The molecule has 0 amide bonds. The molecule has 1 N–H and O–H groups in total. The van der Waals surface area contributed by atoms with E-state index in [4.69, 9.17) is 0 Å². The Balaban J connectivity index is 2.01. The lowest BCUT2D eigenvalue weighted by atomic mass is 10.1. The number of nitrogens with zero attached hydrogens (tertiary/aromatic N) is 3. The largest absolute Gasteiger partial charge is 0.309 e. The Morgan fingerprint density at radius 2 is 2.22 bits per heavy atom. The first-order valence-corrected chi connectivity index (χ1v) is 7.21. The van der Waals surface area contributed by atoms with Gasteiger partial charge in [0.05, 0.1) is 18.1 Å². The second-order valence-corrected chi connectivity index (χ2v) is 5.42. The van der Waals surface area contributed by atoms with Crippen molar-refractivity contribution in [2.75, 3.05) is 0 Å². The van der Waals surface area contributed by atoms with Crippen LogP contribution in [-0.4, -0.2) is 20.4 Å². The van der Waals surface area contributed by atoms with Crippen LogP contribution >= 0.6 is 15.9 Å². The zero-order valence-electron chi connectivity index (χ0n) is 10.9. The summed E-state index contributed by atoms with van der Waals surface area (Å²) in [7, 11) is 0. The van der Waals surface area contributed by atoms with E-state index < -0.39 is 0 Å². The minimum Gasteiger partial charge on any atom is -0.309 e. The van der Waals surface area contributed by atoms with Gasteiger partial charge in [-0.3, -0.25) is 4.40 Å². The highest BCUT2D eigenvalue weighted by molar-refractivity contribution is 9.10. The van der Waals surface area contributed by atoms with Gasteiger partial charge < -0.3 is 5.32 Å². The number of halogens is 1. The molecule has 0 saturated heterocycles. The van der Waals surface area contributed by atoms with Gasteiger partial charge in [-0.1, -0.05) is 19.8 Å². The molecule has 0 saturated carbocycles. The molecule has 0 aliphatic carbocycles. The zero-order valence-corrected chi connectivity index (χ0v) is 12.4.